The Morgan fingerprint density at radius 1 is 1.24 bits per heavy atom. The zero-order valence-electron chi connectivity index (χ0n) is 12.0. The summed E-state index contributed by atoms with van der Waals surface area (Å²) in [6, 6.07) is 9.32. The summed E-state index contributed by atoms with van der Waals surface area (Å²) in [4.78, 5) is 16.1. The number of ether oxygens (including phenoxy) is 1. The summed E-state index contributed by atoms with van der Waals surface area (Å²) in [6.45, 7) is 3.50. The lowest BCUT2D eigenvalue weighted by Crippen LogP contribution is -2.30. The number of carbonyl (C=O) groups is 1. The number of halogens is 2. The molecule has 0 bridgehead atoms. The second kappa shape index (κ2) is 5.82. The Morgan fingerprint density at radius 3 is 2.43 bits per heavy atom. The number of nitrogens with zero attached hydrogens (tertiary/aromatic N) is 1. The molecular formula is C16H15ClFNO2. The van der Waals surface area contributed by atoms with E-state index in [2.05, 4.69) is 4.98 Å². The Morgan fingerprint density at radius 2 is 1.86 bits per heavy atom. The maximum Gasteiger partial charge on any atom is 0.315 e. The molecule has 5 heteroatoms. The van der Waals surface area contributed by atoms with Crippen molar-refractivity contribution in [3.63, 3.8) is 0 Å². The number of aromatic nitrogens is 1. The van der Waals surface area contributed by atoms with E-state index < -0.39 is 5.41 Å². The van der Waals surface area contributed by atoms with Crippen LogP contribution >= 0.6 is 11.6 Å². The summed E-state index contributed by atoms with van der Waals surface area (Å²) in [5.41, 5.74) is 1.14. The quantitative estimate of drug-likeness (QED) is 0.636. The van der Waals surface area contributed by atoms with Crippen LogP contribution in [-0.4, -0.2) is 18.1 Å². The lowest BCUT2D eigenvalue weighted by atomic mass is 9.84. The summed E-state index contributed by atoms with van der Waals surface area (Å²) in [5.74, 6) is -0.689. The summed E-state index contributed by atoms with van der Waals surface area (Å²) < 4.78 is 17.8. The SMILES string of the molecule is COC(=O)C(C)(C)c1cc(Cl)nc(-c2ccc(F)cc2)c1. The van der Waals surface area contributed by atoms with Gasteiger partial charge in [-0.15, -0.1) is 0 Å². The number of esters is 1. The molecule has 0 aliphatic carbocycles. The monoisotopic (exact) mass is 307 g/mol. The van der Waals surface area contributed by atoms with Crippen LogP contribution in [0.5, 0.6) is 0 Å². The Bertz CT molecular complexity index is 668. The van der Waals surface area contributed by atoms with Gasteiger partial charge in [-0.25, -0.2) is 9.37 Å². The zero-order valence-corrected chi connectivity index (χ0v) is 12.7. The number of methoxy groups -OCH3 is 1. The summed E-state index contributed by atoms with van der Waals surface area (Å²) in [6.07, 6.45) is 0. The Balaban J connectivity index is 2.51. The fourth-order valence-corrected chi connectivity index (χ4v) is 2.21. The van der Waals surface area contributed by atoms with Crippen molar-refractivity contribution in [3.05, 3.63) is 52.9 Å². The predicted octanol–water partition coefficient (Wildman–Crippen LogP) is 3.99. The molecule has 3 nitrogen and oxygen atoms in total. The molecule has 0 saturated heterocycles. The van der Waals surface area contributed by atoms with Crippen molar-refractivity contribution in [2.24, 2.45) is 0 Å². The highest BCUT2D eigenvalue weighted by Crippen LogP contribution is 2.30. The first-order valence-corrected chi connectivity index (χ1v) is 6.75. The second-order valence-electron chi connectivity index (χ2n) is 5.19. The molecule has 0 radical (unpaired) electrons. The van der Waals surface area contributed by atoms with Crippen molar-refractivity contribution < 1.29 is 13.9 Å². The topological polar surface area (TPSA) is 39.2 Å². The van der Waals surface area contributed by atoms with E-state index in [1.54, 1.807) is 38.1 Å². The number of rotatable bonds is 3. The number of hydrogen-bond donors (Lipinski definition) is 0. The molecule has 110 valence electrons. The van der Waals surface area contributed by atoms with Gasteiger partial charge in [0, 0.05) is 5.56 Å². The summed E-state index contributed by atoms with van der Waals surface area (Å²) in [5, 5.41) is 0.267. The van der Waals surface area contributed by atoms with E-state index in [1.165, 1.54) is 19.2 Å². The van der Waals surface area contributed by atoms with Crippen molar-refractivity contribution in [1.82, 2.24) is 4.98 Å². The van der Waals surface area contributed by atoms with Crippen LogP contribution in [0.15, 0.2) is 36.4 Å². The zero-order chi connectivity index (χ0) is 15.6. The molecule has 0 saturated carbocycles. The Hall–Kier alpha value is -1.94. The minimum atomic E-state index is -0.851. The molecule has 0 fully saturated rings. The predicted molar refractivity (Wildman–Crippen MR) is 79.7 cm³/mol. The van der Waals surface area contributed by atoms with Crippen LogP contribution in [0.4, 0.5) is 4.39 Å². The van der Waals surface area contributed by atoms with Gasteiger partial charge in [0.05, 0.1) is 18.2 Å². The van der Waals surface area contributed by atoms with Gasteiger partial charge in [0.2, 0.25) is 0 Å². The number of pyridine rings is 1. The first-order chi connectivity index (χ1) is 9.84. The fourth-order valence-electron chi connectivity index (χ4n) is 2.00. The third kappa shape index (κ3) is 3.22. The van der Waals surface area contributed by atoms with E-state index in [1.807, 2.05) is 0 Å². The highest BCUT2D eigenvalue weighted by atomic mass is 35.5. The molecule has 0 unspecified atom stereocenters. The van der Waals surface area contributed by atoms with Crippen LogP contribution in [0.3, 0.4) is 0 Å². The number of carbonyl (C=O) groups excluding carboxylic acids is 1. The smallest absolute Gasteiger partial charge is 0.315 e. The fraction of sp³-hybridized carbons (Fsp3) is 0.250. The first kappa shape index (κ1) is 15.4. The third-order valence-corrected chi connectivity index (χ3v) is 3.55. The van der Waals surface area contributed by atoms with Gasteiger partial charge in [-0.05, 0) is 55.8 Å². The van der Waals surface area contributed by atoms with Gasteiger partial charge in [0.1, 0.15) is 11.0 Å². The van der Waals surface area contributed by atoms with Crippen LogP contribution < -0.4 is 0 Å². The molecule has 0 spiro atoms. The Labute approximate surface area is 127 Å². The van der Waals surface area contributed by atoms with Crippen molar-refractivity contribution >= 4 is 17.6 Å². The van der Waals surface area contributed by atoms with Gasteiger partial charge < -0.3 is 4.74 Å². The normalized spacial score (nSPS) is 11.3. The van der Waals surface area contributed by atoms with E-state index in [9.17, 15) is 9.18 Å². The van der Waals surface area contributed by atoms with E-state index in [-0.39, 0.29) is 16.9 Å². The van der Waals surface area contributed by atoms with Gasteiger partial charge in [0.25, 0.3) is 0 Å². The number of hydrogen-bond acceptors (Lipinski definition) is 3. The van der Waals surface area contributed by atoms with Gasteiger partial charge in [0.15, 0.2) is 0 Å². The average Bonchev–Trinajstić information content (AvgIpc) is 2.46. The molecule has 0 aliphatic heterocycles. The second-order valence-corrected chi connectivity index (χ2v) is 5.57. The van der Waals surface area contributed by atoms with E-state index in [0.717, 1.165) is 5.56 Å². The molecular weight excluding hydrogens is 293 g/mol. The minimum absolute atomic E-state index is 0.267. The highest BCUT2D eigenvalue weighted by Gasteiger charge is 2.31. The van der Waals surface area contributed by atoms with Crippen LogP contribution in [0.2, 0.25) is 5.15 Å². The van der Waals surface area contributed by atoms with E-state index in [4.69, 9.17) is 16.3 Å². The van der Waals surface area contributed by atoms with Gasteiger partial charge in [-0.1, -0.05) is 11.6 Å². The van der Waals surface area contributed by atoms with Crippen LogP contribution in [-0.2, 0) is 14.9 Å². The molecule has 2 rings (SSSR count). The van der Waals surface area contributed by atoms with E-state index in [0.29, 0.717) is 11.3 Å². The standard InChI is InChI=1S/C16H15ClFNO2/c1-16(2,15(20)21-3)11-8-13(19-14(17)9-11)10-4-6-12(18)7-5-10/h4-9H,1-3H3. The minimum Gasteiger partial charge on any atom is -0.468 e. The number of benzene rings is 1. The van der Waals surface area contributed by atoms with Crippen molar-refractivity contribution in [1.29, 1.82) is 0 Å². The largest absolute Gasteiger partial charge is 0.468 e. The highest BCUT2D eigenvalue weighted by molar-refractivity contribution is 6.29. The lowest BCUT2D eigenvalue weighted by Gasteiger charge is -2.22. The molecule has 0 aliphatic rings. The van der Waals surface area contributed by atoms with Crippen molar-refractivity contribution in [2.45, 2.75) is 19.3 Å². The van der Waals surface area contributed by atoms with Crippen molar-refractivity contribution in [3.8, 4) is 11.3 Å². The maximum atomic E-state index is 13.0. The van der Waals surface area contributed by atoms with Crippen molar-refractivity contribution in [2.75, 3.05) is 7.11 Å². The van der Waals surface area contributed by atoms with Crippen LogP contribution in [0.25, 0.3) is 11.3 Å². The molecule has 0 N–H and O–H groups in total. The maximum absolute atomic E-state index is 13.0. The summed E-state index contributed by atoms with van der Waals surface area (Å²) in [7, 11) is 1.34. The van der Waals surface area contributed by atoms with Gasteiger partial charge in [-0.3, -0.25) is 4.79 Å². The third-order valence-electron chi connectivity index (χ3n) is 3.35. The average molecular weight is 308 g/mol. The summed E-state index contributed by atoms with van der Waals surface area (Å²) >= 11 is 6.05. The van der Waals surface area contributed by atoms with Crippen LogP contribution in [0, 0.1) is 5.82 Å². The molecule has 1 aromatic carbocycles. The van der Waals surface area contributed by atoms with Gasteiger partial charge >= 0.3 is 5.97 Å². The molecule has 21 heavy (non-hydrogen) atoms. The van der Waals surface area contributed by atoms with E-state index >= 15 is 0 Å². The Kier molecular flexibility index (Phi) is 4.28. The molecule has 1 heterocycles. The lowest BCUT2D eigenvalue weighted by molar-refractivity contribution is -0.146. The molecule has 2 aromatic rings. The van der Waals surface area contributed by atoms with Crippen LogP contribution in [0.1, 0.15) is 19.4 Å². The molecule has 1 aromatic heterocycles. The molecule has 0 atom stereocenters. The first-order valence-electron chi connectivity index (χ1n) is 6.37. The van der Waals surface area contributed by atoms with Gasteiger partial charge in [-0.2, -0.15) is 0 Å². The molecule has 0 amide bonds.